The van der Waals surface area contributed by atoms with Gasteiger partial charge in [-0.25, -0.2) is 0 Å². The van der Waals surface area contributed by atoms with E-state index < -0.39 is 6.29 Å². The van der Waals surface area contributed by atoms with Gasteiger partial charge in [-0.1, -0.05) is 30.3 Å². The molecule has 0 amide bonds. The van der Waals surface area contributed by atoms with E-state index in [1.807, 2.05) is 24.3 Å². The van der Waals surface area contributed by atoms with Gasteiger partial charge in [0, 0.05) is 0 Å². The molecule has 3 nitrogen and oxygen atoms in total. The molecule has 0 radical (unpaired) electrons. The number of benzene rings is 2. The Labute approximate surface area is 118 Å². The Bertz CT molecular complexity index is 601. The van der Waals surface area contributed by atoms with Crippen LogP contribution in [-0.4, -0.2) is 18.3 Å². The number of phenolic OH excluding ortho intramolecular Hbond substituents is 1. The molecular formula is C17H18O3. The van der Waals surface area contributed by atoms with E-state index in [0.29, 0.717) is 18.8 Å². The molecule has 0 unspecified atom stereocenters. The maximum absolute atomic E-state index is 10.0. The van der Waals surface area contributed by atoms with Crippen molar-refractivity contribution in [2.45, 2.75) is 19.6 Å². The van der Waals surface area contributed by atoms with Gasteiger partial charge in [0.2, 0.25) is 0 Å². The van der Waals surface area contributed by atoms with Gasteiger partial charge in [-0.05, 0) is 42.2 Å². The van der Waals surface area contributed by atoms with E-state index in [0.717, 1.165) is 17.5 Å². The standard InChI is InChI=1S/C17H18O3/c1-12-5-2-3-6-14(12)13-7-8-16(18)15(11-13)17-19-9-4-10-20-17/h2-3,5-8,11,17-18H,4,9-10H2,1H3. The number of aromatic hydroxyl groups is 1. The van der Waals surface area contributed by atoms with Gasteiger partial charge in [-0.15, -0.1) is 0 Å². The van der Waals surface area contributed by atoms with Crippen LogP contribution in [0.4, 0.5) is 0 Å². The summed E-state index contributed by atoms with van der Waals surface area (Å²) in [6, 6.07) is 13.8. The van der Waals surface area contributed by atoms with Gasteiger partial charge in [0.05, 0.1) is 18.8 Å². The molecule has 0 spiro atoms. The van der Waals surface area contributed by atoms with Crippen molar-refractivity contribution in [3.63, 3.8) is 0 Å². The van der Waals surface area contributed by atoms with Crippen molar-refractivity contribution in [2.75, 3.05) is 13.2 Å². The van der Waals surface area contributed by atoms with Crippen molar-refractivity contribution >= 4 is 0 Å². The molecule has 0 bridgehead atoms. The Morgan fingerprint density at radius 3 is 2.55 bits per heavy atom. The molecule has 1 aliphatic heterocycles. The molecule has 1 fully saturated rings. The first-order chi connectivity index (χ1) is 9.75. The lowest BCUT2D eigenvalue weighted by atomic mass is 9.98. The zero-order valence-electron chi connectivity index (χ0n) is 11.5. The van der Waals surface area contributed by atoms with Crippen LogP contribution in [0.3, 0.4) is 0 Å². The second-order valence-electron chi connectivity index (χ2n) is 5.02. The van der Waals surface area contributed by atoms with Gasteiger partial charge in [-0.3, -0.25) is 0 Å². The van der Waals surface area contributed by atoms with Gasteiger partial charge in [0.15, 0.2) is 6.29 Å². The summed E-state index contributed by atoms with van der Waals surface area (Å²) in [5, 5.41) is 10.0. The molecule has 1 aliphatic rings. The Balaban J connectivity index is 2.00. The van der Waals surface area contributed by atoms with Crippen molar-refractivity contribution in [3.8, 4) is 16.9 Å². The lowest BCUT2D eigenvalue weighted by molar-refractivity contribution is -0.183. The zero-order valence-corrected chi connectivity index (χ0v) is 11.5. The van der Waals surface area contributed by atoms with Gasteiger partial charge >= 0.3 is 0 Å². The Morgan fingerprint density at radius 2 is 1.80 bits per heavy atom. The summed E-state index contributed by atoms with van der Waals surface area (Å²) in [6.45, 7) is 3.41. The Morgan fingerprint density at radius 1 is 1.05 bits per heavy atom. The van der Waals surface area contributed by atoms with E-state index in [4.69, 9.17) is 9.47 Å². The highest BCUT2D eigenvalue weighted by atomic mass is 16.7. The molecule has 3 rings (SSSR count). The second-order valence-corrected chi connectivity index (χ2v) is 5.02. The minimum Gasteiger partial charge on any atom is -0.507 e. The predicted octanol–water partition coefficient (Wildman–Crippen LogP) is 3.80. The fraction of sp³-hybridized carbons (Fsp3) is 0.294. The molecule has 3 heteroatoms. The maximum Gasteiger partial charge on any atom is 0.187 e. The second kappa shape index (κ2) is 5.65. The SMILES string of the molecule is Cc1ccccc1-c1ccc(O)c(C2OCCCO2)c1. The molecule has 1 saturated heterocycles. The summed E-state index contributed by atoms with van der Waals surface area (Å²) in [4.78, 5) is 0. The van der Waals surface area contributed by atoms with Crippen molar-refractivity contribution < 1.29 is 14.6 Å². The molecule has 1 heterocycles. The topological polar surface area (TPSA) is 38.7 Å². The zero-order chi connectivity index (χ0) is 13.9. The van der Waals surface area contributed by atoms with Crippen LogP contribution in [0.25, 0.3) is 11.1 Å². The summed E-state index contributed by atoms with van der Waals surface area (Å²) in [5.74, 6) is 0.217. The number of hydrogen-bond acceptors (Lipinski definition) is 3. The van der Waals surface area contributed by atoms with Crippen LogP contribution >= 0.6 is 0 Å². The molecule has 0 atom stereocenters. The third-order valence-electron chi connectivity index (χ3n) is 3.56. The summed E-state index contributed by atoms with van der Waals surface area (Å²) < 4.78 is 11.2. The van der Waals surface area contributed by atoms with Gasteiger partial charge in [-0.2, -0.15) is 0 Å². The molecule has 2 aromatic rings. The van der Waals surface area contributed by atoms with E-state index in [1.54, 1.807) is 6.07 Å². The monoisotopic (exact) mass is 270 g/mol. The van der Waals surface area contributed by atoms with Gasteiger partial charge in [0.1, 0.15) is 5.75 Å². The first kappa shape index (κ1) is 13.2. The van der Waals surface area contributed by atoms with Crippen LogP contribution < -0.4 is 0 Å². The van der Waals surface area contributed by atoms with Crippen molar-refractivity contribution in [1.29, 1.82) is 0 Å². The van der Waals surface area contributed by atoms with Crippen LogP contribution in [-0.2, 0) is 9.47 Å². The summed E-state index contributed by atoms with van der Waals surface area (Å²) >= 11 is 0. The third kappa shape index (κ3) is 2.55. The average Bonchev–Trinajstić information content (AvgIpc) is 2.49. The fourth-order valence-electron chi connectivity index (χ4n) is 2.47. The van der Waals surface area contributed by atoms with Gasteiger partial charge < -0.3 is 14.6 Å². The highest BCUT2D eigenvalue weighted by Gasteiger charge is 2.20. The molecule has 2 aromatic carbocycles. The lowest BCUT2D eigenvalue weighted by Gasteiger charge is -2.24. The van der Waals surface area contributed by atoms with Crippen LogP contribution in [0.15, 0.2) is 42.5 Å². The van der Waals surface area contributed by atoms with Crippen molar-refractivity contribution in [1.82, 2.24) is 0 Å². The molecule has 20 heavy (non-hydrogen) atoms. The molecule has 0 aliphatic carbocycles. The number of ether oxygens (including phenoxy) is 2. The smallest absolute Gasteiger partial charge is 0.187 e. The summed E-state index contributed by atoms with van der Waals surface area (Å²) in [6.07, 6.45) is 0.432. The van der Waals surface area contributed by atoms with Crippen LogP contribution in [0.5, 0.6) is 5.75 Å². The number of phenols is 1. The van der Waals surface area contributed by atoms with E-state index in [1.165, 1.54) is 5.56 Å². The number of aryl methyl sites for hydroxylation is 1. The Kier molecular flexibility index (Phi) is 3.72. The average molecular weight is 270 g/mol. The highest BCUT2D eigenvalue weighted by molar-refractivity contribution is 5.68. The molecule has 104 valence electrons. The third-order valence-corrected chi connectivity index (χ3v) is 3.56. The summed E-state index contributed by atoms with van der Waals surface area (Å²) in [5.41, 5.74) is 4.12. The van der Waals surface area contributed by atoms with E-state index in [2.05, 4.69) is 19.1 Å². The molecule has 0 aromatic heterocycles. The van der Waals surface area contributed by atoms with Crippen LogP contribution in [0.1, 0.15) is 23.8 Å². The van der Waals surface area contributed by atoms with Crippen LogP contribution in [0.2, 0.25) is 0 Å². The Hall–Kier alpha value is -1.84. The largest absolute Gasteiger partial charge is 0.507 e. The van der Waals surface area contributed by atoms with Crippen molar-refractivity contribution in [2.24, 2.45) is 0 Å². The first-order valence-electron chi connectivity index (χ1n) is 6.88. The van der Waals surface area contributed by atoms with Crippen molar-refractivity contribution in [3.05, 3.63) is 53.6 Å². The molecule has 1 N–H and O–H groups in total. The quantitative estimate of drug-likeness (QED) is 0.902. The minimum absolute atomic E-state index is 0.217. The van der Waals surface area contributed by atoms with E-state index in [9.17, 15) is 5.11 Å². The maximum atomic E-state index is 10.0. The molecule has 0 saturated carbocycles. The summed E-state index contributed by atoms with van der Waals surface area (Å²) in [7, 11) is 0. The van der Waals surface area contributed by atoms with Gasteiger partial charge in [0.25, 0.3) is 0 Å². The predicted molar refractivity (Wildman–Crippen MR) is 77.5 cm³/mol. The number of rotatable bonds is 2. The fourth-order valence-corrected chi connectivity index (χ4v) is 2.47. The lowest BCUT2D eigenvalue weighted by Crippen LogP contribution is -2.17. The van der Waals surface area contributed by atoms with E-state index in [-0.39, 0.29) is 5.75 Å². The van der Waals surface area contributed by atoms with Crippen LogP contribution in [0, 0.1) is 6.92 Å². The van der Waals surface area contributed by atoms with E-state index >= 15 is 0 Å². The normalized spacial score (nSPS) is 16.2. The highest BCUT2D eigenvalue weighted by Crippen LogP contribution is 2.34. The number of hydrogen-bond donors (Lipinski definition) is 1. The minimum atomic E-state index is -0.465. The molecular weight excluding hydrogens is 252 g/mol. The first-order valence-corrected chi connectivity index (χ1v) is 6.88.